The lowest BCUT2D eigenvalue weighted by molar-refractivity contribution is -0.112. The minimum absolute atomic E-state index is 0.129. The van der Waals surface area contributed by atoms with Crippen LogP contribution in [0.1, 0.15) is 44.6 Å². The fourth-order valence-corrected chi connectivity index (χ4v) is 5.17. The van der Waals surface area contributed by atoms with Crippen molar-refractivity contribution in [2.75, 3.05) is 29.4 Å². The average molecular weight is 445 g/mol. The number of hydrogen-bond acceptors (Lipinski definition) is 4. The number of rotatable bonds is 4. The smallest absolute Gasteiger partial charge is 0.370 e. The molecular formula is C24H27F3N4O. The summed E-state index contributed by atoms with van der Waals surface area (Å²) in [6.07, 6.45) is 8.51. The summed E-state index contributed by atoms with van der Waals surface area (Å²) in [4.78, 5) is 14.6. The minimum Gasteiger partial charge on any atom is -0.370 e. The van der Waals surface area contributed by atoms with Gasteiger partial charge in [-0.15, -0.1) is 0 Å². The molecule has 2 aliphatic heterocycles. The summed E-state index contributed by atoms with van der Waals surface area (Å²) in [5.41, 5.74) is 1.56. The molecular weight excluding hydrogens is 417 g/mol. The summed E-state index contributed by atoms with van der Waals surface area (Å²) in [7, 11) is 0. The van der Waals surface area contributed by atoms with Gasteiger partial charge in [0, 0.05) is 37.1 Å². The molecule has 0 spiro atoms. The molecule has 3 heterocycles. The summed E-state index contributed by atoms with van der Waals surface area (Å²) in [6.45, 7) is 1.86. The van der Waals surface area contributed by atoms with Gasteiger partial charge in [0.1, 0.15) is 12.0 Å². The summed E-state index contributed by atoms with van der Waals surface area (Å²) in [5.74, 6) is 0.129. The molecule has 1 saturated heterocycles. The first-order valence-electron chi connectivity index (χ1n) is 11.4. The van der Waals surface area contributed by atoms with Gasteiger partial charge < -0.3 is 14.6 Å². The number of carbonyl (C=O) groups is 1. The zero-order valence-corrected chi connectivity index (χ0v) is 17.9. The van der Waals surface area contributed by atoms with Crippen LogP contribution in [0.15, 0.2) is 42.3 Å². The highest BCUT2D eigenvalue weighted by atomic mass is 19.4. The molecule has 1 aliphatic carbocycles. The number of fused-ring (bicyclic) bond motifs is 1. The average Bonchev–Trinajstić information content (AvgIpc) is 3.47. The second-order valence-corrected chi connectivity index (χ2v) is 9.00. The Labute approximate surface area is 185 Å². The van der Waals surface area contributed by atoms with E-state index in [0.29, 0.717) is 5.69 Å². The largest absolute Gasteiger partial charge is 0.431 e. The molecule has 0 amide bonds. The zero-order valence-electron chi connectivity index (χ0n) is 17.9. The van der Waals surface area contributed by atoms with Crippen LogP contribution in [0, 0.1) is 5.92 Å². The van der Waals surface area contributed by atoms with Crippen LogP contribution in [0.2, 0.25) is 0 Å². The van der Waals surface area contributed by atoms with E-state index in [9.17, 15) is 18.0 Å². The number of benzene rings is 1. The Kier molecular flexibility index (Phi) is 5.47. The first kappa shape index (κ1) is 21.1. The molecule has 5 nitrogen and oxygen atoms in total. The van der Waals surface area contributed by atoms with Crippen molar-refractivity contribution in [1.29, 1.82) is 0 Å². The number of alkyl halides is 3. The van der Waals surface area contributed by atoms with Crippen molar-refractivity contribution in [2.45, 2.75) is 50.7 Å². The van der Waals surface area contributed by atoms with E-state index in [2.05, 4.69) is 4.90 Å². The Bertz CT molecular complexity index is 1060. The molecule has 0 N–H and O–H groups in total. The Balaban J connectivity index is 1.55. The molecule has 0 bridgehead atoms. The van der Waals surface area contributed by atoms with Gasteiger partial charge in [0.25, 0.3) is 0 Å². The zero-order chi connectivity index (χ0) is 22.3. The second-order valence-electron chi connectivity index (χ2n) is 9.00. The molecule has 1 saturated carbocycles. The molecule has 3 aliphatic rings. The van der Waals surface area contributed by atoms with E-state index in [1.54, 1.807) is 6.08 Å². The van der Waals surface area contributed by atoms with Crippen molar-refractivity contribution in [3.63, 3.8) is 0 Å². The highest BCUT2D eigenvalue weighted by Gasteiger charge is 2.39. The van der Waals surface area contributed by atoms with Crippen LogP contribution in [-0.4, -0.2) is 41.9 Å². The Morgan fingerprint density at radius 2 is 1.78 bits per heavy atom. The topological polar surface area (TPSA) is 41.4 Å². The van der Waals surface area contributed by atoms with Gasteiger partial charge in [-0.3, -0.25) is 4.68 Å². The number of hydrogen-bond donors (Lipinski definition) is 0. The standard InChI is InChI=1S/C24H27F3N4O/c25-24(26,27)23-5-1-2-12-30(23)22-13-18-15-31(19-8-6-17(16-32)7-9-19)28-20(18)14-21(22)29-10-3-4-11-29/h1-2,5,13-17,19H,3-4,6-12H2. The number of anilines is 2. The van der Waals surface area contributed by atoms with Crippen LogP contribution >= 0.6 is 0 Å². The third kappa shape index (κ3) is 3.91. The Morgan fingerprint density at radius 1 is 1.03 bits per heavy atom. The van der Waals surface area contributed by atoms with Crippen LogP contribution in [0.5, 0.6) is 0 Å². The molecule has 2 fully saturated rings. The number of aromatic nitrogens is 2. The Hall–Kier alpha value is -2.77. The second kappa shape index (κ2) is 8.30. The summed E-state index contributed by atoms with van der Waals surface area (Å²) in [5, 5.41) is 5.65. The maximum absolute atomic E-state index is 13.8. The van der Waals surface area contributed by atoms with E-state index in [1.807, 2.05) is 23.0 Å². The van der Waals surface area contributed by atoms with E-state index >= 15 is 0 Å². The molecule has 1 aromatic heterocycles. The fraction of sp³-hybridized carbons (Fsp3) is 0.500. The monoisotopic (exact) mass is 444 g/mol. The molecule has 170 valence electrons. The number of allylic oxidation sites excluding steroid dienone is 3. The van der Waals surface area contributed by atoms with E-state index in [-0.39, 0.29) is 18.5 Å². The summed E-state index contributed by atoms with van der Waals surface area (Å²) in [6, 6.07) is 4.04. The van der Waals surface area contributed by atoms with Crippen molar-refractivity contribution in [2.24, 2.45) is 5.92 Å². The number of aldehydes is 1. The molecule has 2 aromatic rings. The van der Waals surface area contributed by atoms with Crippen molar-refractivity contribution >= 4 is 28.6 Å². The van der Waals surface area contributed by atoms with E-state index in [0.717, 1.165) is 80.6 Å². The van der Waals surface area contributed by atoms with Crippen molar-refractivity contribution < 1.29 is 18.0 Å². The fourth-order valence-electron chi connectivity index (χ4n) is 5.17. The van der Waals surface area contributed by atoms with Gasteiger partial charge in [-0.2, -0.15) is 18.3 Å². The molecule has 5 rings (SSSR count). The van der Waals surface area contributed by atoms with Gasteiger partial charge >= 0.3 is 6.18 Å². The van der Waals surface area contributed by atoms with E-state index in [4.69, 9.17) is 5.10 Å². The Morgan fingerprint density at radius 3 is 2.47 bits per heavy atom. The third-order valence-electron chi connectivity index (χ3n) is 6.92. The van der Waals surface area contributed by atoms with Crippen LogP contribution in [0.25, 0.3) is 10.9 Å². The maximum atomic E-state index is 13.8. The molecule has 0 unspecified atom stereocenters. The first-order chi connectivity index (χ1) is 15.4. The van der Waals surface area contributed by atoms with Crippen LogP contribution in [0.3, 0.4) is 0 Å². The van der Waals surface area contributed by atoms with Gasteiger partial charge in [-0.25, -0.2) is 0 Å². The van der Waals surface area contributed by atoms with E-state index < -0.39 is 11.9 Å². The SMILES string of the molecule is O=CC1CCC(n2cc3cc(N4CC=CC=C4C(F)(F)F)c(N4CCCC4)cc3n2)CC1. The predicted octanol–water partition coefficient (Wildman–Crippen LogP) is 5.39. The lowest BCUT2D eigenvalue weighted by Crippen LogP contribution is -2.34. The van der Waals surface area contributed by atoms with Gasteiger partial charge in [-0.05, 0) is 56.7 Å². The molecule has 0 radical (unpaired) electrons. The van der Waals surface area contributed by atoms with Gasteiger partial charge in [-0.1, -0.05) is 12.2 Å². The predicted molar refractivity (Wildman–Crippen MR) is 119 cm³/mol. The normalized spacial score (nSPS) is 24.3. The quantitative estimate of drug-likeness (QED) is 0.593. The van der Waals surface area contributed by atoms with Crippen LogP contribution < -0.4 is 9.80 Å². The minimum atomic E-state index is -4.43. The first-order valence-corrected chi connectivity index (χ1v) is 11.4. The molecule has 1 aromatic carbocycles. The van der Waals surface area contributed by atoms with Crippen molar-refractivity contribution in [1.82, 2.24) is 9.78 Å². The van der Waals surface area contributed by atoms with E-state index in [1.165, 1.54) is 11.0 Å². The highest BCUT2D eigenvalue weighted by Crippen LogP contribution is 2.42. The van der Waals surface area contributed by atoms with Gasteiger partial charge in [0.05, 0.1) is 22.9 Å². The lowest BCUT2D eigenvalue weighted by atomic mass is 9.87. The number of halogens is 3. The molecule has 0 atom stereocenters. The highest BCUT2D eigenvalue weighted by molar-refractivity contribution is 5.91. The van der Waals surface area contributed by atoms with Crippen molar-refractivity contribution in [3.8, 4) is 0 Å². The summed E-state index contributed by atoms with van der Waals surface area (Å²) < 4.78 is 43.4. The molecule has 32 heavy (non-hydrogen) atoms. The number of nitrogens with zero attached hydrogens (tertiary/aromatic N) is 4. The maximum Gasteiger partial charge on any atom is 0.431 e. The molecule has 8 heteroatoms. The van der Waals surface area contributed by atoms with Gasteiger partial charge in [0.2, 0.25) is 0 Å². The lowest BCUT2D eigenvalue weighted by Gasteiger charge is -2.33. The van der Waals surface area contributed by atoms with Gasteiger partial charge in [0.15, 0.2) is 0 Å². The summed E-state index contributed by atoms with van der Waals surface area (Å²) >= 11 is 0. The third-order valence-corrected chi connectivity index (χ3v) is 6.92. The number of carbonyl (C=O) groups excluding carboxylic acids is 1. The van der Waals surface area contributed by atoms with Crippen LogP contribution in [0.4, 0.5) is 24.5 Å². The van der Waals surface area contributed by atoms with Crippen molar-refractivity contribution in [3.05, 3.63) is 42.3 Å². The van der Waals surface area contributed by atoms with Crippen LogP contribution in [-0.2, 0) is 4.79 Å².